The number of ketones is 2. The zero-order chi connectivity index (χ0) is 22.8. The average molecular weight is 433 g/mol. The van der Waals surface area contributed by atoms with E-state index in [1.807, 2.05) is 12.1 Å². The van der Waals surface area contributed by atoms with Crippen molar-refractivity contribution in [3.63, 3.8) is 0 Å². The highest BCUT2D eigenvalue weighted by atomic mass is 16.1. The normalized spacial score (nSPS) is 15.4. The van der Waals surface area contributed by atoms with Crippen LogP contribution in [0.4, 0.5) is 0 Å². The van der Waals surface area contributed by atoms with Crippen LogP contribution in [0.25, 0.3) is 11.1 Å². The number of hydrogen-bond donors (Lipinski definition) is 0. The first kappa shape index (κ1) is 24.4. The summed E-state index contributed by atoms with van der Waals surface area (Å²) in [6.45, 7) is 4.34. The molecule has 1 aliphatic carbocycles. The molecule has 0 radical (unpaired) electrons. The Morgan fingerprint density at radius 1 is 0.688 bits per heavy atom. The molecule has 2 nitrogen and oxygen atoms in total. The van der Waals surface area contributed by atoms with Crippen molar-refractivity contribution < 1.29 is 9.59 Å². The fourth-order valence-corrected chi connectivity index (χ4v) is 5.15. The van der Waals surface area contributed by atoms with Crippen LogP contribution in [-0.4, -0.2) is 11.6 Å². The predicted molar refractivity (Wildman–Crippen MR) is 134 cm³/mol. The number of benzene rings is 2. The molecule has 0 atom stereocenters. The van der Waals surface area contributed by atoms with Gasteiger partial charge in [-0.3, -0.25) is 9.59 Å². The molecule has 1 saturated carbocycles. The molecule has 0 amide bonds. The Kier molecular flexibility index (Phi) is 9.26. The Bertz CT molecular complexity index is 855. The smallest absolute Gasteiger partial charge is 0.162 e. The third-order valence-electron chi connectivity index (χ3n) is 7.23. The van der Waals surface area contributed by atoms with Gasteiger partial charge in [0.25, 0.3) is 0 Å². The van der Waals surface area contributed by atoms with Crippen LogP contribution in [0, 0.1) is 0 Å². The number of carbonyl (C=O) groups excluding carboxylic acids is 2. The van der Waals surface area contributed by atoms with E-state index >= 15 is 0 Å². The third kappa shape index (κ3) is 5.97. The molecule has 0 aromatic heterocycles. The molecule has 32 heavy (non-hydrogen) atoms. The monoisotopic (exact) mass is 432 g/mol. The molecule has 0 N–H and O–H groups in total. The van der Waals surface area contributed by atoms with Gasteiger partial charge in [0.05, 0.1) is 5.41 Å². The van der Waals surface area contributed by atoms with E-state index in [4.69, 9.17) is 0 Å². The Morgan fingerprint density at radius 3 is 1.88 bits per heavy atom. The summed E-state index contributed by atoms with van der Waals surface area (Å²) in [6, 6.07) is 16.7. The van der Waals surface area contributed by atoms with Gasteiger partial charge in [0.1, 0.15) is 5.78 Å². The van der Waals surface area contributed by atoms with Gasteiger partial charge in [-0.05, 0) is 42.4 Å². The molecule has 1 fully saturated rings. The largest absolute Gasteiger partial charge is 0.299 e. The van der Waals surface area contributed by atoms with Crippen molar-refractivity contribution in [3.8, 4) is 11.1 Å². The Hall–Kier alpha value is -2.22. The molecule has 0 unspecified atom stereocenters. The molecule has 172 valence electrons. The van der Waals surface area contributed by atoms with Gasteiger partial charge >= 0.3 is 0 Å². The van der Waals surface area contributed by atoms with E-state index in [2.05, 4.69) is 50.2 Å². The summed E-state index contributed by atoms with van der Waals surface area (Å²) in [6.07, 6.45) is 13.4. The summed E-state index contributed by atoms with van der Waals surface area (Å²) in [7, 11) is 0. The summed E-state index contributed by atoms with van der Waals surface area (Å²) < 4.78 is 0. The van der Waals surface area contributed by atoms with E-state index in [-0.39, 0.29) is 11.2 Å². The zero-order valence-corrected chi connectivity index (χ0v) is 20.1. The Morgan fingerprint density at radius 2 is 1.28 bits per heavy atom. The van der Waals surface area contributed by atoms with E-state index in [0.29, 0.717) is 18.6 Å². The van der Waals surface area contributed by atoms with Crippen LogP contribution < -0.4 is 0 Å². The van der Waals surface area contributed by atoms with Gasteiger partial charge < -0.3 is 0 Å². The number of unbranched alkanes of at least 4 members (excludes halogenated alkanes) is 4. The summed E-state index contributed by atoms with van der Waals surface area (Å²) in [5, 5.41) is 0. The number of rotatable bonds is 12. The average Bonchev–Trinajstić information content (AvgIpc) is 2.85. The van der Waals surface area contributed by atoms with Gasteiger partial charge in [-0.2, -0.15) is 0 Å². The van der Waals surface area contributed by atoms with Crippen LogP contribution >= 0.6 is 0 Å². The first-order chi connectivity index (χ1) is 15.6. The van der Waals surface area contributed by atoms with Crippen molar-refractivity contribution in [1.29, 1.82) is 0 Å². The molecular formula is C30H40O2. The molecule has 2 heteroatoms. The van der Waals surface area contributed by atoms with Crippen LogP contribution in [0.5, 0.6) is 0 Å². The standard InChI is InChI=1S/C30H40O2/c1-3-5-7-9-12-28(31)26-16-14-24(15-17-26)25-18-20-27(21-19-25)30(22-10-8-11-23-30)29(32)13-6-4-2/h14-21H,3-13,22-23H2,1-2H3. The lowest BCUT2D eigenvalue weighted by molar-refractivity contribution is -0.126. The first-order valence-electron chi connectivity index (χ1n) is 12.9. The molecule has 0 saturated heterocycles. The second-order valence-electron chi connectivity index (χ2n) is 9.56. The van der Waals surface area contributed by atoms with Gasteiger partial charge in [-0.15, -0.1) is 0 Å². The number of carbonyl (C=O) groups is 2. The maximum Gasteiger partial charge on any atom is 0.162 e. The molecule has 0 heterocycles. The van der Waals surface area contributed by atoms with Crippen molar-refractivity contribution in [1.82, 2.24) is 0 Å². The summed E-state index contributed by atoms with van der Waals surface area (Å²) in [5.41, 5.74) is 3.99. The van der Waals surface area contributed by atoms with Crippen LogP contribution in [0.2, 0.25) is 0 Å². The van der Waals surface area contributed by atoms with E-state index in [1.165, 1.54) is 24.8 Å². The molecular weight excluding hydrogens is 392 g/mol. The van der Waals surface area contributed by atoms with Crippen molar-refractivity contribution in [3.05, 3.63) is 59.7 Å². The van der Waals surface area contributed by atoms with Gasteiger partial charge in [-0.1, -0.05) is 107 Å². The van der Waals surface area contributed by atoms with Gasteiger partial charge in [0, 0.05) is 18.4 Å². The lowest BCUT2D eigenvalue weighted by atomic mass is 9.65. The lowest BCUT2D eigenvalue weighted by Crippen LogP contribution is -2.37. The van der Waals surface area contributed by atoms with Gasteiger partial charge in [-0.25, -0.2) is 0 Å². The summed E-state index contributed by atoms with van der Waals surface area (Å²) in [5.74, 6) is 0.682. The van der Waals surface area contributed by atoms with Crippen LogP contribution in [0.3, 0.4) is 0 Å². The molecule has 1 aliphatic rings. The van der Waals surface area contributed by atoms with Crippen LogP contribution in [-0.2, 0) is 10.2 Å². The molecule has 3 rings (SSSR count). The van der Waals surface area contributed by atoms with Gasteiger partial charge in [0.2, 0.25) is 0 Å². The molecule has 0 spiro atoms. The maximum atomic E-state index is 13.2. The number of Topliss-reactive ketones (excluding diaryl/α,β-unsaturated/α-hetero) is 2. The van der Waals surface area contributed by atoms with Crippen LogP contribution in [0.15, 0.2) is 48.5 Å². The highest BCUT2D eigenvalue weighted by molar-refractivity contribution is 5.96. The molecule has 2 aromatic carbocycles. The molecule has 0 aliphatic heterocycles. The van der Waals surface area contributed by atoms with E-state index in [0.717, 1.165) is 68.1 Å². The minimum absolute atomic E-state index is 0.243. The first-order valence-corrected chi connectivity index (χ1v) is 12.9. The highest BCUT2D eigenvalue weighted by Crippen LogP contribution is 2.42. The Balaban J connectivity index is 1.71. The third-order valence-corrected chi connectivity index (χ3v) is 7.23. The minimum atomic E-state index is -0.278. The van der Waals surface area contributed by atoms with Gasteiger partial charge in [0.15, 0.2) is 5.78 Å². The second kappa shape index (κ2) is 12.1. The minimum Gasteiger partial charge on any atom is -0.299 e. The zero-order valence-electron chi connectivity index (χ0n) is 20.1. The van der Waals surface area contributed by atoms with Crippen LogP contribution in [0.1, 0.15) is 113 Å². The quantitative estimate of drug-likeness (QED) is 0.249. The van der Waals surface area contributed by atoms with Crippen molar-refractivity contribution in [2.45, 2.75) is 103 Å². The van der Waals surface area contributed by atoms with E-state index < -0.39 is 0 Å². The van der Waals surface area contributed by atoms with Crippen molar-refractivity contribution in [2.75, 3.05) is 0 Å². The maximum absolute atomic E-state index is 13.2. The second-order valence-corrected chi connectivity index (χ2v) is 9.56. The lowest BCUT2D eigenvalue weighted by Gasteiger charge is -2.36. The highest BCUT2D eigenvalue weighted by Gasteiger charge is 2.39. The Labute approximate surface area is 194 Å². The van der Waals surface area contributed by atoms with E-state index in [1.54, 1.807) is 0 Å². The summed E-state index contributed by atoms with van der Waals surface area (Å²) >= 11 is 0. The molecule has 2 aromatic rings. The SMILES string of the molecule is CCCCCCC(=O)c1ccc(-c2ccc(C3(C(=O)CCCC)CCCCC3)cc2)cc1. The fourth-order valence-electron chi connectivity index (χ4n) is 5.15. The fraction of sp³-hybridized carbons (Fsp3) is 0.533. The summed E-state index contributed by atoms with van der Waals surface area (Å²) in [4.78, 5) is 25.6. The predicted octanol–water partition coefficient (Wildman–Crippen LogP) is 8.47. The topological polar surface area (TPSA) is 34.1 Å². The number of hydrogen-bond acceptors (Lipinski definition) is 2. The molecule has 0 bridgehead atoms. The van der Waals surface area contributed by atoms with E-state index in [9.17, 15) is 9.59 Å². The van der Waals surface area contributed by atoms with Crippen molar-refractivity contribution >= 4 is 11.6 Å². The van der Waals surface area contributed by atoms with Crippen molar-refractivity contribution in [2.24, 2.45) is 0 Å².